The molecule has 59 valence electrons. The SMILES string of the molecule is [CH2]c1nc2ccccc2cc1C. The Hall–Kier alpha value is -1.37. The maximum atomic E-state index is 4.36. The molecule has 0 amide bonds. The van der Waals surface area contributed by atoms with Crippen molar-refractivity contribution in [3.05, 3.63) is 48.5 Å². The topological polar surface area (TPSA) is 12.9 Å². The van der Waals surface area contributed by atoms with Gasteiger partial charge in [0.1, 0.15) is 0 Å². The summed E-state index contributed by atoms with van der Waals surface area (Å²) in [5, 5.41) is 1.18. The molecule has 1 heterocycles. The van der Waals surface area contributed by atoms with Gasteiger partial charge < -0.3 is 0 Å². The van der Waals surface area contributed by atoms with Crippen LogP contribution < -0.4 is 0 Å². The first-order valence-electron chi connectivity index (χ1n) is 3.96. The van der Waals surface area contributed by atoms with Crippen molar-refractivity contribution in [2.45, 2.75) is 6.92 Å². The molecule has 0 aliphatic heterocycles. The lowest BCUT2D eigenvalue weighted by Crippen LogP contribution is -1.87. The Morgan fingerprint density at radius 3 is 2.83 bits per heavy atom. The quantitative estimate of drug-likeness (QED) is 0.571. The molecule has 1 radical (unpaired) electrons. The fourth-order valence-electron chi connectivity index (χ4n) is 1.26. The van der Waals surface area contributed by atoms with Gasteiger partial charge in [0.2, 0.25) is 0 Å². The van der Waals surface area contributed by atoms with E-state index < -0.39 is 0 Å². The van der Waals surface area contributed by atoms with Crippen LogP contribution in [0.5, 0.6) is 0 Å². The van der Waals surface area contributed by atoms with Gasteiger partial charge in [-0.3, -0.25) is 4.98 Å². The van der Waals surface area contributed by atoms with E-state index in [1.165, 1.54) is 5.39 Å². The number of benzene rings is 1. The normalized spacial score (nSPS) is 10.5. The van der Waals surface area contributed by atoms with Crippen molar-refractivity contribution in [1.29, 1.82) is 0 Å². The molecule has 2 aromatic rings. The Labute approximate surface area is 72.1 Å². The van der Waals surface area contributed by atoms with Crippen molar-refractivity contribution in [3.8, 4) is 0 Å². The zero-order chi connectivity index (χ0) is 8.55. The average molecular weight is 156 g/mol. The number of rotatable bonds is 0. The molecule has 0 saturated heterocycles. The standard InChI is InChI=1S/C11H10N/c1-8-7-10-5-3-4-6-11(10)12-9(8)2/h3-7H,2H2,1H3. The van der Waals surface area contributed by atoms with Gasteiger partial charge >= 0.3 is 0 Å². The summed E-state index contributed by atoms with van der Waals surface area (Å²) in [5.74, 6) is 0. The Bertz CT molecular complexity index is 378. The van der Waals surface area contributed by atoms with Crippen molar-refractivity contribution in [2.24, 2.45) is 0 Å². The van der Waals surface area contributed by atoms with Gasteiger partial charge in [0.25, 0.3) is 0 Å². The van der Waals surface area contributed by atoms with Gasteiger partial charge in [-0.2, -0.15) is 0 Å². The summed E-state index contributed by atoms with van der Waals surface area (Å²) in [6.45, 7) is 5.89. The van der Waals surface area contributed by atoms with Crippen molar-refractivity contribution < 1.29 is 0 Å². The zero-order valence-electron chi connectivity index (χ0n) is 7.04. The van der Waals surface area contributed by atoms with Crippen LogP contribution in [0.15, 0.2) is 30.3 Å². The van der Waals surface area contributed by atoms with Crippen LogP contribution in [0.2, 0.25) is 0 Å². The fraction of sp³-hybridized carbons (Fsp3) is 0.0909. The van der Waals surface area contributed by atoms with Crippen LogP contribution in [0.1, 0.15) is 11.3 Å². The number of nitrogens with zero attached hydrogens (tertiary/aromatic N) is 1. The summed E-state index contributed by atoms with van der Waals surface area (Å²) >= 11 is 0. The van der Waals surface area contributed by atoms with Crippen molar-refractivity contribution in [1.82, 2.24) is 4.98 Å². The van der Waals surface area contributed by atoms with Gasteiger partial charge in [-0.15, -0.1) is 0 Å². The van der Waals surface area contributed by atoms with E-state index in [1.807, 2.05) is 25.1 Å². The van der Waals surface area contributed by atoms with Crippen LogP contribution in [-0.4, -0.2) is 4.98 Å². The van der Waals surface area contributed by atoms with Gasteiger partial charge in [0, 0.05) is 11.1 Å². The Balaban J connectivity index is 2.84. The number of hydrogen-bond donors (Lipinski definition) is 0. The molecular formula is C11H10N. The monoisotopic (exact) mass is 156 g/mol. The molecular weight excluding hydrogens is 146 g/mol. The van der Waals surface area contributed by atoms with Crippen LogP contribution >= 0.6 is 0 Å². The minimum Gasteiger partial charge on any atom is -0.253 e. The molecule has 0 aliphatic rings. The number of aryl methyl sites for hydroxylation is 1. The van der Waals surface area contributed by atoms with Crippen LogP contribution in [0, 0.1) is 13.8 Å². The van der Waals surface area contributed by atoms with E-state index in [0.717, 1.165) is 16.8 Å². The largest absolute Gasteiger partial charge is 0.253 e. The summed E-state index contributed by atoms with van der Waals surface area (Å²) in [4.78, 5) is 4.36. The van der Waals surface area contributed by atoms with E-state index in [1.54, 1.807) is 0 Å². The summed E-state index contributed by atoms with van der Waals surface area (Å²) < 4.78 is 0. The summed E-state index contributed by atoms with van der Waals surface area (Å²) in [6, 6.07) is 10.2. The second-order valence-electron chi connectivity index (χ2n) is 2.94. The van der Waals surface area contributed by atoms with E-state index in [9.17, 15) is 0 Å². The first-order valence-corrected chi connectivity index (χ1v) is 3.96. The molecule has 0 atom stereocenters. The van der Waals surface area contributed by atoms with E-state index in [4.69, 9.17) is 0 Å². The lowest BCUT2D eigenvalue weighted by molar-refractivity contribution is 1.27. The minimum atomic E-state index is 0.869. The van der Waals surface area contributed by atoms with E-state index in [0.29, 0.717) is 0 Å². The molecule has 1 nitrogen and oxygen atoms in total. The van der Waals surface area contributed by atoms with Crippen LogP contribution in [0.4, 0.5) is 0 Å². The highest BCUT2D eigenvalue weighted by Gasteiger charge is 1.96. The van der Waals surface area contributed by atoms with E-state index in [2.05, 4.69) is 24.0 Å². The Morgan fingerprint density at radius 1 is 1.25 bits per heavy atom. The third-order valence-electron chi connectivity index (χ3n) is 2.02. The van der Waals surface area contributed by atoms with Gasteiger partial charge in [-0.05, 0) is 31.5 Å². The maximum absolute atomic E-state index is 4.36. The fourth-order valence-corrected chi connectivity index (χ4v) is 1.26. The minimum absolute atomic E-state index is 0.869. The molecule has 12 heavy (non-hydrogen) atoms. The summed E-state index contributed by atoms with van der Waals surface area (Å²) in [6.07, 6.45) is 0. The predicted octanol–water partition coefficient (Wildman–Crippen LogP) is 2.73. The van der Waals surface area contributed by atoms with E-state index in [-0.39, 0.29) is 0 Å². The molecule has 0 N–H and O–H groups in total. The summed E-state index contributed by atoms with van der Waals surface area (Å²) in [7, 11) is 0. The highest BCUT2D eigenvalue weighted by atomic mass is 14.7. The highest BCUT2D eigenvalue weighted by molar-refractivity contribution is 5.79. The number of fused-ring (bicyclic) bond motifs is 1. The first-order chi connectivity index (χ1) is 5.77. The number of aromatic nitrogens is 1. The molecule has 1 heteroatoms. The van der Waals surface area contributed by atoms with Crippen LogP contribution in [0.25, 0.3) is 10.9 Å². The smallest absolute Gasteiger partial charge is 0.0705 e. The Kier molecular flexibility index (Phi) is 1.58. The Morgan fingerprint density at radius 2 is 2.00 bits per heavy atom. The average Bonchev–Trinajstić information content (AvgIpc) is 2.07. The van der Waals surface area contributed by atoms with E-state index >= 15 is 0 Å². The third-order valence-corrected chi connectivity index (χ3v) is 2.02. The van der Waals surface area contributed by atoms with Gasteiger partial charge in [0.15, 0.2) is 0 Å². The van der Waals surface area contributed by atoms with Gasteiger partial charge in [0.05, 0.1) is 5.52 Å². The summed E-state index contributed by atoms with van der Waals surface area (Å²) in [5.41, 5.74) is 3.04. The van der Waals surface area contributed by atoms with Gasteiger partial charge in [-0.25, -0.2) is 0 Å². The molecule has 1 aromatic carbocycles. The molecule has 0 saturated carbocycles. The van der Waals surface area contributed by atoms with Crippen molar-refractivity contribution in [2.75, 3.05) is 0 Å². The van der Waals surface area contributed by atoms with Crippen LogP contribution in [-0.2, 0) is 0 Å². The second kappa shape index (κ2) is 2.59. The zero-order valence-corrected chi connectivity index (χ0v) is 7.04. The molecule has 2 rings (SSSR count). The van der Waals surface area contributed by atoms with Crippen LogP contribution in [0.3, 0.4) is 0 Å². The first kappa shape index (κ1) is 7.29. The predicted molar refractivity (Wildman–Crippen MR) is 50.9 cm³/mol. The number of para-hydroxylation sites is 1. The van der Waals surface area contributed by atoms with Gasteiger partial charge in [-0.1, -0.05) is 18.2 Å². The number of hydrogen-bond acceptors (Lipinski definition) is 1. The molecule has 1 aromatic heterocycles. The molecule has 0 bridgehead atoms. The lowest BCUT2D eigenvalue weighted by atomic mass is 10.1. The lowest BCUT2D eigenvalue weighted by Gasteiger charge is -2.01. The molecule has 0 aliphatic carbocycles. The highest BCUT2D eigenvalue weighted by Crippen LogP contribution is 2.14. The third kappa shape index (κ3) is 1.07. The molecule has 0 fully saturated rings. The molecule has 0 spiro atoms. The maximum Gasteiger partial charge on any atom is 0.0705 e. The van der Waals surface area contributed by atoms with Crippen molar-refractivity contribution >= 4 is 10.9 Å². The molecule has 0 unspecified atom stereocenters. The van der Waals surface area contributed by atoms with Crippen molar-refractivity contribution in [3.63, 3.8) is 0 Å². The number of pyridine rings is 1. The second-order valence-corrected chi connectivity index (χ2v) is 2.94.